The average Bonchev–Trinajstić information content (AvgIpc) is 2.95. The summed E-state index contributed by atoms with van der Waals surface area (Å²) in [6.07, 6.45) is 5.92. The van der Waals surface area contributed by atoms with Crippen LogP contribution in [0.25, 0.3) is 10.1 Å². The second-order valence-electron chi connectivity index (χ2n) is 5.23. The number of nitrogens with zero attached hydrogens (tertiary/aromatic N) is 1. The number of hydrogen-bond acceptors (Lipinski definition) is 3. The number of nitrogens with one attached hydrogen (secondary N) is 1. The van der Waals surface area contributed by atoms with Gasteiger partial charge in [-0.2, -0.15) is 0 Å². The molecule has 108 valence electrons. The molecule has 3 aromatic rings. The van der Waals surface area contributed by atoms with Gasteiger partial charge in [0.05, 0.1) is 0 Å². The number of benzene rings is 1. The minimum atomic E-state index is 0.334. The Morgan fingerprint density at radius 1 is 1.19 bits per heavy atom. The van der Waals surface area contributed by atoms with E-state index in [0.29, 0.717) is 6.04 Å². The molecule has 1 aromatic carbocycles. The van der Waals surface area contributed by atoms with Crippen molar-refractivity contribution < 1.29 is 0 Å². The summed E-state index contributed by atoms with van der Waals surface area (Å²) in [5.74, 6) is 0. The van der Waals surface area contributed by atoms with E-state index in [1.807, 2.05) is 30.8 Å². The molecule has 1 unspecified atom stereocenters. The quantitative estimate of drug-likeness (QED) is 0.756. The van der Waals surface area contributed by atoms with E-state index in [1.165, 1.54) is 26.8 Å². The van der Waals surface area contributed by atoms with Crippen molar-refractivity contribution in [2.75, 3.05) is 7.05 Å². The predicted molar refractivity (Wildman–Crippen MR) is 90.9 cm³/mol. The summed E-state index contributed by atoms with van der Waals surface area (Å²) in [5.41, 5.74) is 4.12. The summed E-state index contributed by atoms with van der Waals surface area (Å²) < 4.78 is 1.37. The van der Waals surface area contributed by atoms with Gasteiger partial charge in [0.2, 0.25) is 0 Å². The van der Waals surface area contributed by atoms with Crippen LogP contribution in [-0.4, -0.2) is 12.0 Å². The lowest BCUT2D eigenvalue weighted by Crippen LogP contribution is -2.20. The first-order valence-corrected chi connectivity index (χ1v) is 8.26. The van der Waals surface area contributed by atoms with Crippen LogP contribution < -0.4 is 5.32 Å². The maximum Gasteiger partial charge on any atom is 0.0362 e. The average molecular weight is 296 g/mol. The highest BCUT2D eigenvalue weighted by molar-refractivity contribution is 7.17. The zero-order valence-electron chi connectivity index (χ0n) is 12.5. The highest BCUT2D eigenvalue weighted by atomic mass is 32.1. The lowest BCUT2D eigenvalue weighted by Gasteiger charge is -2.19. The zero-order chi connectivity index (χ0) is 14.7. The molecule has 3 heteroatoms. The van der Waals surface area contributed by atoms with Crippen molar-refractivity contribution in [2.45, 2.75) is 25.8 Å². The van der Waals surface area contributed by atoms with E-state index >= 15 is 0 Å². The van der Waals surface area contributed by atoms with Crippen LogP contribution in [0.1, 0.15) is 29.7 Å². The summed E-state index contributed by atoms with van der Waals surface area (Å²) in [6.45, 7) is 2.19. The topological polar surface area (TPSA) is 24.9 Å². The molecule has 2 heterocycles. The molecule has 0 aliphatic heterocycles. The van der Waals surface area contributed by atoms with Crippen LogP contribution in [0.3, 0.4) is 0 Å². The monoisotopic (exact) mass is 296 g/mol. The fourth-order valence-electron chi connectivity index (χ4n) is 2.85. The van der Waals surface area contributed by atoms with Crippen molar-refractivity contribution in [3.63, 3.8) is 0 Å². The van der Waals surface area contributed by atoms with Gasteiger partial charge in [-0.15, -0.1) is 11.3 Å². The molecular weight excluding hydrogens is 276 g/mol. The van der Waals surface area contributed by atoms with Crippen LogP contribution in [0.2, 0.25) is 0 Å². The number of likely N-dealkylation sites (N-methyl/N-ethyl adjacent to an activating group) is 1. The van der Waals surface area contributed by atoms with E-state index < -0.39 is 0 Å². The molecule has 0 radical (unpaired) electrons. The number of thiophene rings is 1. The molecule has 0 amide bonds. The van der Waals surface area contributed by atoms with Gasteiger partial charge in [-0.25, -0.2) is 0 Å². The Morgan fingerprint density at radius 2 is 2.05 bits per heavy atom. The van der Waals surface area contributed by atoms with Crippen molar-refractivity contribution in [2.24, 2.45) is 0 Å². The Morgan fingerprint density at radius 3 is 2.86 bits per heavy atom. The normalized spacial score (nSPS) is 12.7. The molecule has 0 fully saturated rings. The van der Waals surface area contributed by atoms with E-state index in [4.69, 9.17) is 0 Å². The molecule has 2 nitrogen and oxygen atoms in total. The number of aryl methyl sites for hydroxylation is 1. The van der Waals surface area contributed by atoms with Crippen molar-refractivity contribution in [1.29, 1.82) is 0 Å². The number of hydrogen-bond donors (Lipinski definition) is 1. The summed E-state index contributed by atoms with van der Waals surface area (Å²) >= 11 is 1.83. The Kier molecular flexibility index (Phi) is 4.32. The van der Waals surface area contributed by atoms with Crippen LogP contribution in [0.4, 0.5) is 0 Å². The largest absolute Gasteiger partial charge is 0.313 e. The van der Waals surface area contributed by atoms with Gasteiger partial charge in [0, 0.05) is 23.1 Å². The van der Waals surface area contributed by atoms with E-state index in [-0.39, 0.29) is 0 Å². The van der Waals surface area contributed by atoms with Crippen LogP contribution in [0, 0.1) is 0 Å². The number of rotatable bonds is 5. The van der Waals surface area contributed by atoms with E-state index in [1.54, 1.807) is 0 Å². The maximum atomic E-state index is 4.25. The molecule has 0 saturated heterocycles. The molecule has 0 saturated carbocycles. The summed E-state index contributed by atoms with van der Waals surface area (Å²) in [7, 11) is 2.04. The third-order valence-electron chi connectivity index (χ3n) is 4.03. The van der Waals surface area contributed by atoms with Crippen molar-refractivity contribution in [1.82, 2.24) is 10.3 Å². The maximum absolute atomic E-state index is 4.25. The number of pyridine rings is 1. The first kappa shape index (κ1) is 14.2. The minimum absolute atomic E-state index is 0.334. The van der Waals surface area contributed by atoms with Gasteiger partial charge in [0.15, 0.2) is 0 Å². The van der Waals surface area contributed by atoms with Crippen molar-refractivity contribution in [3.8, 4) is 0 Å². The molecule has 1 N–H and O–H groups in total. The highest BCUT2D eigenvalue weighted by Gasteiger charge is 2.15. The van der Waals surface area contributed by atoms with Crippen LogP contribution in [-0.2, 0) is 12.8 Å². The molecule has 0 aliphatic carbocycles. The molecule has 1 atom stereocenters. The van der Waals surface area contributed by atoms with E-state index in [2.05, 4.69) is 52.9 Å². The third kappa shape index (κ3) is 2.85. The summed E-state index contributed by atoms with van der Waals surface area (Å²) in [5, 5.41) is 7.15. The van der Waals surface area contributed by atoms with Crippen LogP contribution in [0.5, 0.6) is 0 Å². The van der Waals surface area contributed by atoms with Gasteiger partial charge in [0.25, 0.3) is 0 Å². The smallest absolute Gasteiger partial charge is 0.0362 e. The Labute approximate surface area is 129 Å². The fourth-order valence-corrected chi connectivity index (χ4v) is 3.83. The first-order chi connectivity index (χ1) is 10.3. The number of fused-ring (bicyclic) bond motifs is 1. The zero-order valence-corrected chi connectivity index (χ0v) is 13.3. The lowest BCUT2D eigenvalue weighted by atomic mass is 9.95. The van der Waals surface area contributed by atoms with Crippen LogP contribution in [0.15, 0.2) is 48.1 Å². The van der Waals surface area contributed by atoms with Gasteiger partial charge < -0.3 is 5.32 Å². The first-order valence-electron chi connectivity index (χ1n) is 7.38. The molecular formula is C18H20N2S. The second-order valence-corrected chi connectivity index (χ2v) is 6.14. The number of aromatic nitrogens is 1. The fraction of sp³-hybridized carbons (Fsp3) is 0.278. The molecule has 21 heavy (non-hydrogen) atoms. The molecule has 2 aromatic heterocycles. The standard InChI is InChI=1S/C18H20N2S/c1-3-13-11-20-9-8-15(13)17(19-2)10-14-12-21-18-7-5-4-6-16(14)18/h4-9,11-12,17,19H,3,10H2,1-2H3. The molecule has 0 bridgehead atoms. The second kappa shape index (κ2) is 6.37. The van der Waals surface area contributed by atoms with Gasteiger partial charge in [-0.3, -0.25) is 4.98 Å². The Balaban J connectivity index is 1.94. The van der Waals surface area contributed by atoms with Crippen molar-refractivity contribution in [3.05, 3.63) is 64.8 Å². The molecule has 3 rings (SSSR count). The highest BCUT2D eigenvalue weighted by Crippen LogP contribution is 2.30. The van der Waals surface area contributed by atoms with Gasteiger partial charge in [0.1, 0.15) is 0 Å². The van der Waals surface area contributed by atoms with Crippen molar-refractivity contribution >= 4 is 21.4 Å². The Bertz CT molecular complexity index is 733. The van der Waals surface area contributed by atoms with Gasteiger partial charge in [-0.05, 0) is 59.5 Å². The third-order valence-corrected chi connectivity index (χ3v) is 5.04. The molecule has 0 aliphatic rings. The SMILES string of the molecule is CCc1cnccc1C(Cc1csc2ccccc12)NC. The summed E-state index contributed by atoms with van der Waals surface area (Å²) in [4.78, 5) is 4.25. The van der Waals surface area contributed by atoms with E-state index in [0.717, 1.165) is 12.8 Å². The van der Waals surface area contributed by atoms with E-state index in [9.17, 15) is 0 Å². The summed E-state index contributed by atoms with van der Waals surface area (Å²) in [6, 6.07) is 11.1. The lowest BCUT2D eigenvalue weighted by molar-refractivity contribution is 0.588. The van der Waals surface area contributed by atoms with Gasteiger partial charge in [-0.1, -0.05) is 25.1 Å². The van der Waals surface area contributed by atoms with Gasteiger partial charge >= 0.3 is 0 Å². The van der Waals surface area contributed by atoms with Crippen LogP contribution >= 0.6 is 11.3 Å². The molecule has 0 spiro atoms. The Hall–Kier alpha value is -1.71. The predicted octanol–water partition coefficient (Wildman–Crippen LogP) is 4.36. The minimum Gasteiger partial charge on any atom is -0.313 e.